The van der Waals surface area contributed by atoms with E-state index in [1.54, 1.807) is 0 Å². The van der Waals surface area contributed by atoms with Gasteiger partial charge in [-0.15, -0.1) is 0 Å². The molecule has 0 saturated heterocycles. The molecule has 0 aromatic carbocycles. The number of alkyl halides is 1. The molecule has 0 aliphatic carbocycles. The molecule has 1 N–H and O–H groups in total. The van der Waals surface area contributed by atoms with E-state index in [2.05, 4.69) is 0 Å². The summed E-state index contributed by atoms with van der Waals surface area (Å²) in [6, 6.07) is 0. The molecule has 0 aromatic rings. The van der Waals surface area contributed by atoms with E-state index < -0.39 is 12.1 Å². The zero-order valence-electron chi connectivity index (χ0n) is 7.55. The summed E-state index contributed by atoms with van der Waals surface area (Å²) in [7, 11) is 0. The Morgan fingerprint density at radius 1 is 1.42 bits per heavy atom. The van der Waals surface area contributed by atoms with E-state index >= 15 is 0 Å². The van der Waals surface area contributed by atoms with Gasteiger partial charge in [0.1, 0.15) is 6.17 Å². The molecule has 12 heavy (non-hydrogen) atoms. The molecule has 0 rings (SSSR count). The van der Waals surface area contributed by atoms with E-state index in [1.807, 2.05) is 6.92 Å². The van der Waals surface area contributed by atoms with Crippen LogP contribution in [-0.4, -0.2) is 17.2 Å². The van der Waals surface area contributed by atoms with Crippen LogP contribution in [-0.2, 0) is 4.79 Å². The Kier molecular flexibility index (Phi) is 6.72. The van der Waals surface area contributed by atoms with Crippen molar-refractivity contribution in [2.75, 3.05) is 0 Å². The third-order valence-electron chi connectivity index (χ3n) is 1.78. The Balaban J connectivity index is 3.19. The van der Waals surface area contributed by atoms with Gasteiger partial charge in [-0.05, 0) is 19.3 Å². The minimum Gasteiger partial charge on any atom is -0.481 e. The summed E-state index contributed by atoms with van der Waals surface area (Å²) in [6.07, 6.45) is 2.62. The molecule has 0 aromatic heterocycles. The lowest BCUT2D eigenvalue weighted by Gasteiger charge is -2.04. The fourth-order valence-electron chi connectivity index (χ4n) is 1.04. The normalized spacial score (nSPS) is 12.8. The molecule has 0 aliphatic rings. The standard InChI is InChI=1S/C9H17FO2/c1-2-3-5-8(10)6-4-7-9(11)12/h8H,2-7H2,1H3,(H,11,12). The highest BCUT2D eigenvalue weighted by Crippen LogP contribution is 2.11. The minimum atomic E-state index is -0.835. The lowest BCUT2D eigenvalue weighted by molar-refractivity contribution is -0.137. The molecule has 72 valence electrons. The van der Waals surface area contributed by atoms with E-state index in [0.29, 0.717) is 19.3 Å². The van der Waals surface area contributed by atoms with E-state index in [1.165, 1.54) is 0 Å². The maximum atomic E-state index is 12.8. The van der Waals surface area contributed by atoms with Crippen LogP contribution in [0.3, 0.4) is 0 Å². The van der Waals surface area contributed by atoms with Gasteiger partial charge in [0, 0.05) is 6.42 Å². The van der Waals surface area contributed by atoms with E-state index in [-0.39, 0.29) is 6.42 Å². The fraction of sp³-hybridized carbons (Fsp3) is 0.889. The highest BCUT2D eigenvalue weighted by atomic mass is 19.1. The molecule has 0 saturated carbocycles. The van der Waals surface area contributed by atoms with Crippen LogP contribution in [0.5, 0.6) is 0 Å². The highest BCUT2D eigenvalue weighted by molar-refractivity contribution is 5.66. The first-order chi connectivity index (χ1) is 5.66. The molecule has 2 nitrogen and oxygen atoms in total. The van der Waals surface area contributed by atoms with Crippen molar-refractivity contribution in [3.8, 4) is 0 Å². The molecule has 0 aliphatic heterocycles. The first kappa shape index (κ1) is 11.4. The summed E-state index contributed by atoms with van der Waals surface area (Å²) in [6.45, 7) is 2.02. The number of carboxylic acid groups (broad SMARTS) is 1. The SMILES string of the molecule is CCCCC(F)CCCC(=O)O. The molecule has 0 spiro atoms. The van der Waals surface area contributed by atoms with Crippen LogP contribution in [0.4, 0.5) is 4.39 Å². The fourth-order valence-corrected chi connectivity index (χ4v) is 1.04. The van der Waals surface area contributed by atoms with Crippen molar-refractivity contribution in [1.82, 2.24) is 0 Å². The van der Waals surface area contributed by atoms with Crippen molar-refractivity contribution in [2.24, 2.45) is 0 Å². The van der Waals surface area contributed by atoms with Gasteiger partial charge in [0.25, 0.3) is 0 Å². The first-order valence-electron chi connectivity index (χ1n) is 4.52. The van der Waals surface area contributed by atoms with Crippen LogP contribution < -0.4 is 0 Å². The van der Waals surface area contributed by atoms with Crippen molar-refractivity contribution in [2.45, 2.75) is 51.6 Å². The van der Waals surface area contributed by atoms with Crippen LogP contribution in [0.1, 0.15) is 45.4 Å². The van der Waals surface area contributed by atoms with Crippen molar-refractivity contribution in [1.29, 1.82) is 0 Å². The second-order valence-corrected chi connectivity index (χ2v) is 3.03. The Bertz CT molecular complexity index is 126. The number of hydrogen-bond donors (Lipinski definition) is 1. The lowest BCUT2D eigenvalue weighted by atomic mass is 10.1. The summed E-state index contributed by atoms with van der Waals surface area (Å²) < 4.78 is 12.8. The molecule has 1 unspecified atom stereocenters. The molecule has 3 heteroatoms. The molecular formula is C9H17FO2. The van der Waals surface area contributed by atoms with E-state index in [0.717, 1.165) is 12.8 Å². The molecule has 0 radical (unpaired) electrons. The first-order valence-corrected chi connectivity index (χ1v) is 4.52. The Labute approximate surface area is 72.8 Å². The van der Waals surface area contributed by atoms with Crippen molar-refractivity contribution in [3.63, 3.8) is 0 Å². The number of aliphatic carboxylic acids is 1. The van der Waals surface area contributed by atoms with Crippen LogP contribution in [0.2, 0.25) is 0 Å². The zero-order valence-corrected chi connectivity index (χ0v) is 7.55. The van der Waals surface area contributed by atoms with Gasteiger partial charge in [-0.2, -0.15) is 0 Å². The van der Waals surface area contributed by atoms with Gasteiger partial charge in [-0.25, -0.2) is 4.39 Å². The number of halogens is 1. The van der Waals surface area contributed by atoms with Crippen LogP contribution in [0.15, 0.2) is 0 Å². The second-order valence-electron chi connectivity index (χ2n) is 3.03. The number of hydrogen-bond acceptors (Lipinski definition) is 1. The summed E-state index contributed by atoms with van der Waals surface area (Å²) >= 11 is 0. The lowest BCUT2D eigenvalue weighted by Crippen LogP contribution is -2.02. The topological polar surface area (TPSA) is 37.3 Å². The third kappa shape index (κ3) is 7.51. The van der Waals surface area contributed by atoms with Gasteiger partial charge in [0.15, 0.2) is 0 Å². The monoisotopic (exact) mass is 176 g/mol. The highest BCUT2D eigenvalue weighted by Gasteiger charge is 2.06. The van der Waals surface area contributed by atoms with E-state index in [9.17, 15) is 9.18 Å². The van der Waals surface area contributed by atoms with Gasteiger partial charge < -0.3 is 5.11 Å². The minimum absolute atomic E-state index is 0.0898. The smallest absolute Gasteiger partial charge is 0.303 e. The van der Waals surface area contributed by atoms with Gasteiger partial charge in [-0.3, -0.25) is 4.79 Å². The number of carbonyl (C=O) groups is 1. The Hall–Kier alpha value is -0.600. The van der Waals surface area contributed by atoms with Crippen LogP contribution >= 0.6 is 0 Å². The maximum Gasteiger partial charge on any atom is 0.303 e. The molecule has 0 amide bonds. The van der Waals surface area contributed by atoms with Gasteiger partial charge in [0.2, 0.25) is 0 Å². The van der Waals surface area contributed by atoms with Crippen molar-refractivity contribution >= 4 is 5.97 Å². The predicted octanol–water partition coefficient (Wildman–Crippen LogP) is 2.77. The molecule has 0 fully saturated rings. The molecule has 0 heterocycles. The molecular weight excluding hydrogens is 159 g/mol. The van der Waals surface area contributed by atoms with Gasteiger partial charge in [-0.1, -0.05) is 19.8 Å². The summed E-state index contributed by atoms with van der Waals surface area (Å²) in [5, 5.41) is 8.28. The van der Waals surface area contributed by atoms with Gasteiger partial charge >= 0.3 is 5.97 Å². The van der Waals surface area contributed by atoms with Crippen LogP contribution in [0.25, 0.3) is 0 Å². The number of carboxylic acids is 1. The van der Waals surface area contributed by atoms with Gasteiger partial charge in [0.05, 0.1) is 0 Å². The summed E-state index contributed by atoms with van der Waals surface area (Å²) in [5.74, 6) is -0.835. The Morgan fingerprint density at radius 2 is 2.00 bits per heavy atom. The van der Waals surface area contributed by atoms with Crippen molar-refractivity contribution in [3.05, 3.63) is 0 Å². The van der Waals surface area contributed by atoms with Crippen LogP contribution in [0, 0.1) is 0 Å². The largest absolute Gasteiger partial charge is 0.481 e. The molecule has 1 atom stereocenters. The average molecular weight is 176 g/mol. The average Bonchev–Trinajstić information content (AvgIpc) is 2.00. The number of unbranched alkanes of at least 4 members (excludes halogenated alkanes) is 1. The zero-order chi connectivity index (χ0) is 9.40. The second kappa shape index (κ2) is 7.07. The summed E-state index contributed by atoms with van der Waals surface area (Å²) in [4.78, 5) is 10.1. The Morgan fingerprint density at radius 3 is 2.50 bits per heavy atom. The third-order valence-corrected chi connectivity index (χ3v) is 1.78. The van der Waals surface area contributed by atoms with Crippen molar-refractivity contribution < 1.29 is 14.3 Å². The maximum absolute atomic E-state index is 12.8. The summed E-state index contributed by atoms with van der Waals surface area (Å²) in [5.41, 5.74) is 0. The predicted molar refractivity (Wildman–Crippen MR) is 45.9 cm³/mol. The molecule has 0 bridgehead atoms. The van der Waals surface area contributed by atoms with E-state index in [4.69, 9.17) is 5.11 Å². The quantitative estimate of drug-likeness (QED) is 0.647. The number of rotatable bonds is 7.